The van der Waals surface area contributed by atoms with E-state index in [1.807, 2.05) is 0 Å². The van der Waals surface area contributed by atoms with Crippen molar-refractivity contribution in [1.29, 1.82) is 0 Å². The Hall–Kier alpha value is -0.120. The smallest absolute Gasteiger partial charge is 0.0235 e. The third kappa shape index (κ3) is 3.67. The first-order chi connectivity index (χ1) is 7.96. The predicted molar refractivity (Wildman–Crippen MR) is 73.3 cm³/mol. The number of likely N-dealkylation sites (N-methyl/N-ethyl adjacent to an activating group) is 1. The van der Waals surface area contributed by atoms with Crippen LogP contribution in [0, 0.1) is 5.92 Å². The standard InChI is InChI=1S/C14H29N3/c1-14(2)9-13(10-15-14)17(4)8-6-12-5-7-16(3)11-12/h12-13,15H,5-11H2,1-4H3. The Kier molecular flexibility index (Phi) is 4.11. The largest absolute Gasteiger partial charge is 0.310 e. The van der Waals surface area contributed by atoms with E-state index < -0.39 is 0 Å². The van der Waals surface area contributed by atoms with E-state index in [1.54, 1.807) is 0 Å². The molecule has 2 aliphatic rings. The van der Waals surface area contributed by atoms with E-state index in [1.165, 1.54) is 38.9 Å². The summed E-state index contributed by atoms with van der Waals surface area (Å²) in [6, 6.07) is 0.740. The maximum atomic E-state index is 3.61. The summed E-state index contributed by atoms with van der Waals surface area (Å²) < 4.78 is 0. The van der Waals surface area contributed by atoms with Crippen LogP contribution in [0.5, 0.6) is 0 Å². The highest BCUT2D eigenvalue weighted by atomic mass is 15.2. The number of rotatable bonds is 4. The van der Waals surface area contributed by atoms with Gasteiger partial charge in [-0.15, -0.1) is 0 Å². The zero-order valence-corrected chi connectivity index (χ0v) is 12.0. The molecule has 3 nitrogen and oxygen atoms in total. The third-order valence-electron chi connectivity index (χ3n) is 4.56. The summed E-state index contributed by atoms with van der Waals surface area (Å²) in [7, 11) is 4.54. The number of likely N-dealkylation sites (tertiary alicyclic amines) is 1. The van der Waals surface area contributed by atoms with Gasteiger partial charge >= 0.3 is 0 Å². The minimum absolute atomic E-state index is 0.340. The molecular formula is C14H29N3. The first-order valence-electron chi connectivity index (χ1n) is 7.10. The van der Waals surface area contributed by atoms with Gasteiger partial charge in [0, 0.05) is 24.7 Å². The topological polar surface area (TPSA) is 18.5 Å². The summed E-state index contributed by atoms with van der Waals surface area (Å²) in [6.45, 7) is 9.66. The molecular weight excluding hydrogens is 210 g/mol. The van der Waals surface area contributed by atoms with Crippen molar-refractivity contribution in [2.45, 2.75) is 44.7 Å². The lowest BCUT2D eigenvalue weighted by molar-refractivity contribution is 0.230. The highest BCUT2D eigenvalue weighted by molar-refractivity contribution is 4.93. The lowest BCUT2D eigenvalue weighted by Crippen LogP contribution is -2.35. The van der Waals surface area contributed by atoms with Gasteiger partial charge in [-0.3, -0.25) is 0 Å². The highest BCUT2D eigenvalue weighted by Gasteiger charge is 2.32. The van der Waals surface area contributed by atoms with Gasteiger partial charge < -0.3 is 15.1 Å². The molecule has 100 valence electrons. The average Bonchev–Trinajstić information content (AvgIpc) is 2.81. The molecule has 2 rings (SSSR count). The Morgan fingerprint density at radius 1 is 1.41 bits per heavy atom. The molecule has 2 heterocycles. The van der Waals surface area contributed by atoms with Gasteiger partial charge in [-0.25, -0.2) is 0 Å². The van der Waals surface area contributed by atoms with Crippen molar-refractivity contribution in [2.24, 2.45) is 5.92 Å². The van der Waals surface area contributed by atoms with Crippen molar-refractivity contribution >= 4 is 0 Å². The summed E-state index contributed by atoms with van der Waals surface area (Å²) in [5, 5.41) is 3.61. The number of hydrogen-bond donors (Lipinski definition) is 1. The Labute approximate surface area is 107 Å². The van der Waals surface area contributed by atoms with Crippen molar-refractivity contribution < 1.29 is 0 Å². The molecule has 0 aromatic rings. The molecule has 0 aliphatic carbocycles. The predicted octanol–water partition coefficient (Wildman–Crippen LogP) is 1.40. The van der Waals surface area contributed by atoms with Crippen molar-refractivity contribution in [1.82, 2.24) is 15.1 Å². The molecule has 0 aromatic heterocycles. The molecule has 17 heavy (non-hydrogen) atoms. The number of hydrogen-bond acceptors (Lipinski definition) is 3. The molecule has 2 atom stereocenters. The molecule has 2 saturated heterocycles. The maximum absolute atomic E-state index is 3.61. The van der Waals surface area contributed by atoms with Crippen LogP contribution >= 0.6 is 0 Å². The van der Waals surface area contributed by atoms with Crippen LogP contribution < -0.4 is 5.32 Å². The second-order valence-corrected chi connectivity index (χ2v) is 6.81. The van der Waals surface area contributed by atoms with Crippen LogP contribution in [0.1, 0.15) is 33.1 Å². The number of nitrogens with zero attached hydrogens (tertiary/aromatic N) is 2. The maximum Gasteiger partial charge on any atom is 0.0235 e. The molecule has 0 aromatic carbocycles. The van der Waals surface area contributed by atoms with Crippen LogP contribution in [0.4, 0.5) is 0 Å². The molecule has 0 amide bonds. The lowest BCUT2D eigenvalue weighted by atomic mass is 10.00. The fourth-order valence-corrected chi connectivity index (χ4v) is 3.27. The highest BCUT2D eigenvalue weighted by Crippen LogP contribution is 2.23. The van der Waals surface area contributed by atoms with Gasteiger partial charge in [0.2, 0.25) is 0 Å². The summed E-state index contributed by atoms with van der Waals surface area (Å²) in [5.41, 5.74) is 0.340. The van der Waals surface area contributed by atoms with Crippen molar-refractivity contribution in [3.05, 3.63) is 0 Å². The minimum Gasteiger partial charge on any atom is -0.310 e. The molecule has 0 saturated carbocycles. The third-order valence-corrected chi connectivity index (χ3v) is 4.56. The molecule has 2 aliphatic heterocycles. The van der Waals surface area contributed by atoms with Crippen molar-refractivity contribution in [2.75, 3.05) is 40.3 Å². The van der Waals surface area contributed by atoms with Gasteiger partial charge in [-0.1, -0.05) is 0 Å². The summed E-state index contributed by atoms with van der Waals surface area (Å²) in [4.78, 5) is 5.03. The molecule has 2 fully saturated rings. The summed E-state index contributed by atoms with van der Waals surface area (Å²) in [6.07, 6.45) is 4.06. The fourth-order valence-electron chi connectivity index (χ4n) is 3.27. The first-order valence-corrected chi connectivity index (χ1v) is 7.10. The average molecular weight is 239 g/mol. The zero-order valence-electron chi connectivity index (χ0n) is 12.0. The molecule has 0 radical (unpaired) electrons. The molecule has 3 heteroatoms. The van der Waals surface area contributed by atoms with Gasteiger partial charge in [0.25, 0.3) is 0 Å². The van der Waals surface area contributed by atoms with Crippen LogP contribution in [0.3, 0.4) is 0 Å². The fraction of sp³-hybridized carbons (Fsp3) is 1.00. The summed E-state index contributed by atoms with van der Waals surface area (Å²) >= 11 is 0. The van der Waals surface area contributed by atoms with Crippen LogP contribution in [0.25, 0.3) is 0 Å². The van der Waals surface area contributed by atoms with Crippen molar-refractivity contribution in [3.8, 4) is 0 Å². The second kappa shape index (κ2) is 5.25. The van der Waals surface area contributed by atoms with Gasteiger partial charge in [0.15, 0.2) is 0 Å². The Morgan fingerprint density at radius 2 is 2.18 bits per heavy atom. The van der Waals surface area contributed by atoms with E-state index in [2.05, 4.69) is 43.1 Å². The van der Waals surface area contributed by atoms with Gasteiger partial charge in [-0.05, 0) is 66.2 Å². The Balaban J connectivity index is 1.69. The van der Waals surface area contributed by atoms with Gasteiger partial charge in [-0.2, -0.15) is 0 Å². The Bertz CT molecular complexity index is 252. The van der Waals surface area contributed by atoms with E-state index in [4.69, 9.17) is 0 Å². The molecule has 0 spiro atoms. The second-order valence-electron chi connectivity index (χ2n) is 6.81. The van der Waals surface area contributed by atoms with Crippen LogP contribution in [-0.2, 0) is 0 Å². The summed E-state index contributed by atoms with van der Waals surface area (Å²) in [5.74, 6) is 0.935. The van der Waals surface area contributed by atoms with Crippen LogP contribution in [-0.4, -0.2) is 61.7 Å². The van der Waals surface area contributed by atoms with E-state index in [-0.39, 0.29) is 0 Å². The first kappa shape index (κ1) is 13.3. The lowest BCUT2D eigenvalue weighted by Gasteiger charge is -2.26. The quantitative estimate of drug-likeness (QED) is 0.800. The normalized spacial score (nSPS) is 33.7. The van der Waals surface area contributed by atoms with Crippen LogP contribution in [0.15, 0.2) is 0 Å². The molecule has 0 bridgehead atoms. The van der Waals surface area contributed by atoms with Crippen molar-refractivity contribution in [3.63, 3.8) is 0 Å². The minimum atomic E-state index is 0.340. The van der Waals surface area contributed by atoms with Gasteiger partial charge in [0.1, 0.15) is 0 Å². The molecule has 2 unspecified atom stereocenters. The van der Waals surface area contributed by atoms with E-state index in [9.17, 15) is 0 Å². The van der Waals surface area contributed by atoms with Gasteiger partial charge in [0.05, 0.1) is 0 Å². The zero-order chi connectivity index (χ0) is 12.5. The van der Waals surface area contributed by atoms with E-state index >= 15 is 0 Å². The van der Waals surface area contributed by atoms with E-state index in [0.717, 1.165) is 18.5 Å². The monoisotopic (exact) mass is 239 g/mol. The van der Waals surface area contributed by atoms with Crippen LogP contribution in [0.2, 0.25) is 0 Å². The number of nitrogens with one attached hydrogen (secondary N) is 1. The Morgan fingerprint density at radius 3 is 2.71 bits per heavy atom. The van der Waals surface area contributed by atoms with E-state index in [0.29, 0.717) is 5.54 Å². The molecule has 1 N–H and O–H groups in total. The SMILES string of the molecule is CN1CCC(CCN(C)C2CNC(C)(C)C2)C1.